The quantitative estimate of drug-likeness (QED) is 0.747. The number of aromatic carboxylic acids is 1. The van der Waals surface area contributed by atoms with Crippen LogP contribution in [-0.2, 0) is 0 Å². The number of carboxylic acids is 1. The van der Waals surface area contributed by atoms with E-state index in [4.69, 9.17) is 10.4 Å². The van der Waals surface area contributed by atoms with E-state index >= 15 is 0 Å². The van der Waals surface area contributed by atoms with Crippen LogP contribution in [0.2, 0.25) is 0 Å². The first-order valence-corrected chi connectivity index (χ1v) is 4.55. The maximum atomic E-state index is 10.6. The molecule has 1 aromatic rings. The Hall–Kier alpha value is -1.47. The molecule has 0 fully saturated rings. The highest BCUT2D eigenvalue weighted by molar-refractivity contribution is 7.80. The number of carbonyl (C=O) groups is 1. The van der Waals surface area contributed by atoms with E-state index in [0.717, 1.165) is 5.56 Å². The van der Waals surface area contributed by atoms with Crippen molar-refractivity contribution in [2.75, 3.05) is 0 Å². The zero-order valence-corrected chi connectivity index (χ0v) is 8.24. The van der Waals surface area contributed by atoms with Gasteiger partial charge in [-0.1, -0.05) is 12.1 Å². The summed E-state index contributed by atoms with van der Waals surface area (Å²) in [4.78, 5) is 10.6. The predicted octanol–water partition coefficient (Wildman–Crippen LogP) is 2.27. The minimum absolute atomic E-state index is 0.222. The van der Waals surface area contributed by atoms with Crippen molar-refractivity contribution in [3.05, 3.63) is 35.4 Å². The van der Waals surface area contributed by atoms with Crippen molar-refractivity contribution in [2.24, 2.45) is 0 Å². The van der Waals surface area contributed by atoms with Gasteiger partial charge in [0.2, 0.25) is 0 Å². The van der Waals surface area contributed by atoms with Crippen LogP contribution in [0.25, 0.3) is 0 Å². The zero-order valence-electron chi connectivity index (χ0n) is 7.34. The Morgan fingerprint density at radius 1 is 1.64 bits per heavy atom. The fraction of sp³-hybridized carbons (Fsp3) is 0.200. The number of thiol groups is 1. The summed E-state index contributed by atoms with van der Waals surface area (Å²) in [7, 11) is 0. The highest BCUT2D eigenvalue weighted by Gasteiger charge is 2.08. The number of carboxylic acid groups (broad SMARTS) is 1. The maximum Gasteiger partial charge on any atom is 0.335 e. The second-order valence-corrected chi connectivity index (χ2v) is 3.43. The Kier molecular flexibility index (Phi) is 3.55. The number of nitrogens with zero attached hydrogens (tertiary/aromatic N) is 1. The van der Waals surface area contributed by atoms with Crippen LogP contribution in [0.1, 0.15) is 27.6 Å². The fourth-order valence-electron chi connectivity index (χ4n) is 1.08. The standard InChI is InChI=1S/C10H9NO2S/c11-5-4-9(14)7-2-1-3-8(6-7)10(12)13/h1-3,6,9,14H,4H2,(H,12,13). The summed E-state index contributed by atoms with van der Waals surface area (Å²) >= 11 is 4.20. The summed E-state index contributed by atoms with van der Waals surface area (Å²) in [6.45, 7) is 0. The Morgan fingerprint density at radius 3 is 2.93 bits per heavy atom. The molecule has 0 heterocycles. The summed E-state index contributed by atoms with van der Waals surface area (Å²) in [5, 5.41) is 17.0. The van der Waals surface area contributed by atoms with Gasteiger partial charge in [-0.25, -0.2) is 4.79 Å². The molecule has 1 N–H and O–H groups in total. The first kappa shape index (κ1) is 10.6. The molecule has 0 amide bonds. The summed E-state index contributed by atoms with van der Waals surface area (Å²) in [5.41, 5.74) is 0.981. The highest BCUT2D eigenvalue weighted by Crippen LogP contribution is 2.23. The second-order valence-electron chi connectivity index (χ2n) is 2.81. The molecule has 0 radical (unpaired) electrons. The molecule has 1 aromatic carbocycles. The fourth-order valence-corrected chi connectivity index (χ4v) is 1.33. The lowest BCUT2D eigenvalue weighted by Gasteiger charge is -2.06. The van der Waals surface area contributed by atoms with E-state index in [0.29, 0.717) is 0 Å². The van der Waals surface area contributed by atoms with Crippen LogP contribution < -0.4 is 0 Å². The molecule has 0 bridgehead atoms. The van der Waals surface area contributed by atoms with Gasteiger partial charge < -0.3 is 5.11 Å². The van der Waals surface area contributed by atoms with Gasteiger partial charge in [0.05, 0.1) is 18.1 Å². The van der Waals surface area contributed by atoms with Gasteiger partial charge in [0, 0.05) is 5.25 Å². The monoisotopic (exact) mass is 207 g/mol. The van der Waals surface area contributed by atoms with Gasteiger partial charge in [-0.15, -0.1) is 0 Å². The van der Waals surface area contributed by atoms with E-state index in [1.807, 2.05) is 6.07 Å². The van der Waals surface area contributed by atoms with Crippen molar-refractivity contribution in [3.63, 3.8) is 0 Å². The van der Waals surface area contributed by atoms with Gasteiger partial charge in [-0.2, -0.15) is 17.9 Å². The second kappa shape index (κ2) is 4.68. The summed E-state index contributed by atoms with van der Waals surface area (Å²) < 4.78 is 0. The van der Waals surface area contributed by atoms with E-state index < -0.39 is 5.97 Å². The van der Waals surface area contributed by atoms with Crippen molar-refractivity contribution >= 4 is 18.6 Å². The molecule has 72 valence electrons. The van der Waals surface area contributed by atoms with Crippen LogP contribution in [0.5, 0.6) is 0 Å². The maximum absolute atomic E-state index is 10.6. The number of hydrogen-bond donors (Lipinski definition) is 2. The Morgan fingerprint density at radius 2 is 2.36 bits per heavy atom. The SMILES string of the molecule is N#CCC(S)c1cccc(C(=O)O)c1. The topological polar surface area (TPSA) is 61.1 Å². The number of nitriles is 1. The highest BCUT2D eigenvalue weighted by atomic mass is 32.1. The third-order valence-corrected chi connectivity index (χ3v) is 2.28. The number of hydrogen-bond acceptors (Lipinski definition) is 3. The molecule has 4 heteroatoms. The Balaban J connectivity index is 2.94. The van der Waals surface area contributed by atoms with Crippen LogP contribution in [-0.4, -0.2) is 11.1 Å². The number of benzene rings is 1. The molecule has 3 nitrogen and oxygen atoms in total. The lowest BCUT2D eigenvalue weighted by molar-refractivity contribution is 0.0697. The van der Waals surface area contributed by atoms with Crippen molar-refractivity contribution in [3.8, 4) is 6.07 Å². The van der Waals surface area contributed by atoms with Crippen LogP contribution in [0.15, 0.2) is 24.3 Å². The van der Waals surface area contributed by atoms with Gasteiger partial charge in [-0.3, -0.25) is 0 Å². The van der Waals surface area contributed by atoms with E-state index in [1.54, 1.807) is 12.1 Å². The van der Waals surface area contributed by atoms with Crippen LogP contribution in [0.4, 0.5) is 0 Å². The van der Waals surface area contributed by atoms with Crippen molar-refractivity contribution in [1.82, 2.24) is 0 Å². The molecular weight excluding hydrogens is 198 g/mol. The minimum Gasteiger partial charge on any atom is -0.478 e. The lowest BCUT2D eigenvalue weighted by Crippen LogP contribution is -1.98. The average molecular weight is 207 g/mol. The molecule has 1 unspecified atom stereocenters. The Bertz CT molecular complexity index is 384. The van der Waals surface area contributed by atoms with Gasteiger partial charge in [0.15, 0.2) is 0 Å². The molecule has 0 aliphatic carbocycles. The molecular formula is C10H9NO2S. The molecule has 0 saturated heterocycles. The first-order valence-electron chi connectivity index (χ1n) is 4.03. The largest absolute Gasteiger partial charge is 0.478 e. The van der Waals surface area contributed by atoms with Crippen LogP contribution >= 0.6 is 12.6 Å². The van der Waals surface area contributed by atoms with Gasteiger partial charge in [-0.05, 0) is 17.7 Å². The Labute approximate surface area is 87.4 Å². The van der Waals surface area contributed by atoms with Crippen LogP contribution in [0, 0.1) is 11.3 Å². The molecule has 1 rings (SSSR count). The molecule has 1 atom stereocenters. The number of rotatable bonds is 3. The molecule has 0 spiro atoms. The third-order valence-electron chi connectivity index (χ3n) is 1.80. The van der Waals surface area contributed by atoms with E-state index in [9.17, 15) is 4.79 Å². The smallest absolute Gasteiger partial charge is 0.335 e. The minimum atomic E-state index is -0.968. The van der Waals surface area contributed by atoms with E-state index in [2.05, 4.69) is 12.6 Å². The van der Waals surface area contributed by atoms with Crippen LogP contribution in [0.3, 0.4) is 0 Å². The molecule has 0 aromatic heterocycles. The zero-order chi connectivity index (χ0) is 10.6. The first-order chi connectivity index (χ1) is 6.65. The lowest BCUT2D eigenvalue weighted by atomic mass is 10.1. The van der Waals surface area contributed by atoms with Crippen molar-refractivity contribution in [1.29, 1.82) is 5.26 Å². The molecule has 0 aliphatic rings. The van der Waals surface area contributed by atoms with Gasteiger partial charge in [0.1, 0.15) is 0 Å². The van der Waals surface area contributed by atoms with Crippen molar-refractivity contribution < 1.29 is 9.90 Å². The summed E-state index contributed by atoms with van der Waals surface area (Å²) in [6.07, 6.45) is 0.270. The molecule has 0 saturated carbocycles. The van der Waals surface area contributed by atoms with Gasteiger partial charge >= 0.3 is 5.97 Å². The predicted molar refractivity (Wildman–Crippen MR) is 55.4 cm³/mol. The van der Waals surface area contributed by atoms with Crippen molar-refractivity contribution in [2.45, 2.75) is 11.7 Å². The molecule has 0 aliphatic heterocycles. The van der Waals surface area contributed by atoms with Gasteiger partial charge in [0.25, 0.3) is 0 Å². The third kappa shape index (κ3) is 2.51. The summed E-state index contributed by atoms with van der Waals surface area (Å²) in [6, 6.07) is 8.46. The average Bonchev–Trinajstić information content (AvgIpc) is 2.18. The normalized spacial score (nSPS) is 11.7. The van der Waals surface area contributed by atoms with E-state index in [-0.39, 0.29) is 17.2 Å². The molecule has 14 heavy (non-hydrogen) atoms. The van der Waals surface area contributed by atoms with E-state index in [1.165, 1.54) is 12.1 Å². The summed E-state index contributed by atoms with van der Waals surface area (Å²) in [5.74, 6) is -0.968.